The van der Waals surface area contributed by atoms with E-state index < -0.39 is 29.2 Å². The van der Waals surface area contributed by atoms with Crippen LogP contribution in [0, 0.1) is 0 Å². The summed E-state index contributed by atoms with van der Waals surface area (Å²) in [6.07, 6.45) is 0.975. The van der Waals surface area contributed by atoms with E-state index in [9.17, 15) is 14.4 Å². The Kier molecular flexibility index (Phi) is 4.59. The zero-order valence-corrected chi connectivity index (χ0v) is 7.63. The molecule has 0 aliphatic carbocycles. The van der Waals surface area contributed by atoms with Crippen molar-refractivity contribution >= 4 is 17.9 Å². The molecule has 0 saturated heterocycles. The molecule has 0 aromatic carbocycles. The van der Waals surface area contributed by atoms with Crippen molar-refractivity contribution in [3.8, 4) is 0 Å². The fourth-order valence-electron chi connectivity index (χ4n) is 0.560. The monoisotopic (exact) mass is 216 g/mol. The van der Waals surface area contributed by atoms with E-state index in [-0.39, 0.29) is 0 Å². The van der Waals surface area contributed by atoms with E-state index in [4.69, 9.17) is 15.3 Å². The summed E-state index contributed by atoms with van der Waals surface area (Å²) in [5.41, 5.74) is -0.693. The van der Waals surface area contributed by atoms with Crippen LogP contribution in [0.3, 0.4) is 0 Å². The first-order chi connectivity index (χ1) is 6.88. The van der Waals surface area contributed by atoms with Gasteiger partial charge in [0.2, 0.25) is 5.76 Å². The summed E-state index contributed by atoms with van der Waals surface area (Å²) in [6.45, 7) is 0. The number of hydrogen-bond donors (Lipinski definition) is 3. The lowest BCUT2D eigenvalue weighted by Crippen LogP contribution is -2.07. The van der Waals surface area contributed by atoms with E-state index in [0.717, 1.165) is 7.11 Å². The van der Waals surface area contributed by atoms with Gasteiger partial charge < -0.3 is 20.1 Å². The maximum absolute atomic E-state index is 10.7. The number of carboxylic acid groups (broad SMARTS) is 2. The molecule has 82 valence electrons. The van der Waals surface area contributed by atoms with Crippen molar-refractivity contribution in [2.24, 2.45) is 0 Å². The molecule has 7 heteroatoms. The fraction of sp³-hybridized carbons (Fsp3) is 0.125. The Labute approximate surface area is 83.9 Å². The van der Waals surface area contributed by atoms with Crippen LogP contribution in [0.4, 0.5) is 0 Å². The van der Waals surface area contributed by atoms with Crippen molar-refractivity contribution in [2.45, 2.75) is 0 Å². The van der Waals surface area contributed by atoms with E-state index in [0.29, 0.717) is 12.2 Å². The topological polar surface area (TPSA) is 121 Å². The van der Waals surface area contributed by atoms with Crippen LogP contribution >= 0.6 is 0 Å². The van der Waals surface area contributed by atoms with Crippen LogP contribution in [0.1, 0.15) is 0 Å². The van der Waals surface area contributed by atoms with Gasteiger partial charge in [0.25, 0.3) is 0 Å². The second kappa shape index (κ2) is 5.43. The number of carbonyl (C=O) groups excluding carboxylic acids is 1. The number of carbonyl (C=O) groups is 3. The highest BCUT2D eigenvalue weighted by Gasteiger charge is 2.12. The highest BCUT2D eigenvalue weighted by Crippen LogP contribution is 2.02. The third-order valence-electron chi connectivity index (χ3n) is 1.23. The van der Waals surface area contributed by atoms with Gasteiger partial charge in [0.05, 0.1) is 12.7 Å². The molecule has 0 rings (SSSR count). The van der Waals surface area contributed by atoms with Crippen LogP contribution in [0.25, 0.3) is 0 Å². The Morgan fingerprint density at radius 1 is 1.00 bits per heavy atom. The van der Waals surface area contributed by atoms with Gasteiger partial charge in [0.1, 0.15) is 0 Å². The van der Waals surface area contributed by atoms with Crippen molar-refractivity contribution < 1.29 is 34.4 Å². The molecule has 0 saturated carbocycles. The minimum Gasteiger partial charge on any atom is -0.502 e. The van der Waals surface area contributed by atoms with Crippen molar-refractivity contribution in [2.75, 3.05) is 7.11 Å². The summed E-state index contributed by atoms with van der Waals surface area (Å²) in [6, 6.07) is 0. The summed E-state index contributed by atoms with van der Waals surface area (Å²) < 4.78 is 4.14. The van der Waals surface area contributed by atoms with E-state index in [1.54, 1.807) is 0 Å². The summed E-state index contributed by atoms with van der Waals surface area (Å²) in [7, 11) is 1.03. The van der Waals surface area contributed by atoms with Crippen LogP contribution in [0.15, 0.2) is 23.5 Å². The predicted molar refractivity (Wildman–Crippen MR) is 46.1 cm³/mol. The first kappa shape index (κ1) is 12.7. The highest BCUT2D eigenvalue weighted by atomic mass is 16.5. The average molecular weight is 216 g/mol. The van der Waals surface area contributed by atoms with Crippen molar-refractivity contribution in [1.29, 1.82) is 0 Å². The largest absolute Gasteiger partial charge is 0.502 e. The molecule has 0 aromatic heterocycles. The molecule has 0 radical (unpaired) electrons. The Morgan fingerprint density at radius 3 is 1.87 bits per heavy atom. The molecule has 15 heavy (non-hydrogen) atoms. The number of rotatable bonds is 4. The number of esters is 1. The zero-order chi connectivity index (χ0) is 12.0. The van der Waals surface area contributed by atoms with Gasteiger partial charge in [0.15, 0.2) is 0 Å². The lowest BCUT2D eigenvalue weighted by atomic mass is 10.2. The number of aliphatic hydroxyl groups is 1. The van der Waals surface area contributed by atoms with Crippen molar-refractivity contribution in [3.63, 3.8) is 0 Å². The van der Waals surface area contributed by atoms with E-state index >= 15 is 0 Å². The van der Waals surface area contributed by atoms with Gasteiger partial charge in [0, 0.05) is 12.2 Å². The quantitative estimate of drug-likeness (QED) is 0.255. The number of aliphatic carboxylic acids is 2. The molecular weight excluding hydrogens is 208 g/mol. The summed E-state index contributed by atoms with van der Waals surface area (Å²) in [4.78, 5) is 31.3. The van der Waals surface area contributed by atoms with Crippen LogP contribution < -0.4 is 0 Å². The molecule has 0 unspecified atom stereocenters. The molecule has 0 amide bonds. The van der Waals surface area contributed by atoms with Gasteiger partial charge in [-0.15, -0.1) is 0 Å². The zero-order valence-electron chi connectivity index (χ0n) is 7.63. The third-order valence-corrected chi connectivity index (χ3v) is 1.23. The summed E-state index contributed by atoms with van der Waals surface area (Å²) >= 11 is 0. The molecule has 0 atom stereocenters. The van der Waals surface area contributed by atoms with Gasteiger partial charge in [-0.3, -0.25) is 0 Å². The fourth-order valence-corrected chi connectivity index (χ4v) is 0.560. The van der Waals surface area contributed by atoms with Crippen LogP contribution in [0.2, 0.25) is 0 Å². The van der Waals surface area contributed by atoms with Gasteiger partial charge in [-0.05, 0) is 0 Å². The number of carboxylic acids is 2. The maximum atomic E-state index is 10.7. The Bertz CT molecular complexity index is 350. The molecule has 0 aliphatic rings. The van der Waals surface area contributed by atoms with Gasteiger partial charge in [-0.25, -0.2) is 14.4 Å². The summed E-state index contributed by atoms with van der Waals surface area (Å²) in [5, 5.41) is 25.5. The first-order valence-electron chi connectivity index (χ1n) is 3.55. The second-order valence-corrected chi connectivity index (χ2v) is 2.26. The second-order valence-electron chi connectivity index (χ2n) is 2.26. The molecule has 0 fully saturated rings. The van der Waals surface area contributed by atoms with Crippen LogP contribution in [0.5, 0.6) is 0 Å². The smallest absolute Gasteiger partial charge is 0.370 e. The van der Waals surface area contributed by atoms with E-state index in [2.05, 4.69) is 4.74 Å². The molecule has 7 nitrogen and oxygen atoms in total. The van der Waals surface area contributed by atoms with Crippen LogP contribution in [-0.4, -0.2) is 40.3 Å². The summed E-state index contributed by atoms with van der Waals surface area (Å²) in [5.74, 6) is -5.42. The minimum absolute atomic E-state index is 0.432. The average Bonchev–Trinajstić information content (AvgIpc) is 2.15. The third kappa shape index (κ3) is 4.46. The van der Waals surface area contributed by atoms with E-state index in [1.165, 1.54) is 0 Å². The first-order valence-corrected chi connectivity index (χ1v) is 3.55. The van der Waals surface area contributed by atoms with E-state index in [1.807, 2.05) is 0 Å². The number of ether oxygens (including phenoxy) is 1. The SMILES string of the molecule is COC(=O)/C=C(/C=C(\O)C(=O)O)C(=O)O. The molecule has 0 heterocycles. The Morgan fingerprint density at radius 2 is 1.53 bits per heavy atom. The van der Waals surface area contributed by atoms with Gasteiger partial charge in [-0.2, -0.15) is 0 Å². The standard InChI is InChI=1S/C8H8O7/c1-15-6(10)3-4(7(11)12)2-5(9)8(13)14/h2-3,9H,1H3,(H,11,12)(H,13,14)/b4-3-,5-2-. The van der Waals surface area contributed by atoms with Gasteiger partial charge >= 0.3 is 17.9 Å². The highest BCUT2D eigenvalue weighted by molar-refractivity contribution is 5.99. The minimum atomic E-state index is -1.70. The molecule has 0 aliphatic heterocycles. The predicted octanol–water partition coefficient (Wildman–Crippen LogP) is -0.303. The molecule has 3 N–H and O–H groups in total. The van der Waals surface area contributed by atoms with Crippen molar-refractivity contribution in [1.82, 2.24) is 0 Å². The van der Waals surface area contributed by atoms with Crippen molar-refractivity contribution in [3.05, 3.63) is 23.5 Å². The van der Waals surface area contributed by atoms with Gasteiger partial charge in [-0.1, -0.05) is 0 Å². The molecule has 0 aromatic rings. The number of methoxy groups -OCH3 is 1. The Hall–Kier alpha value is -2.31. The lowest BCUT2D eigenvalue weighted by molar-refractivity contribution is -0.137. The maximum Gasteiger partial charge on any atom is 0.370 e. The Balaban J connectivity index is 5.09. The molecule has 0 spiro atoms. The normalized spacial score (nSPS) is 12.1. The molecular formula is C8H8O7. The number of hydrogen-bond acceptors (Lipinski definition) is 5. The number of aliphatic hydroxyl groups excluding tert-OH is 1. The molecule has 0 bridgehead atoms. The lowest BCUT2D eigenvalue weighted by Gasteiger charge is -1.96. The van der Waals surface area contributed by atoms with Crippen LogP contribution in [-0.2, 0) is 19.1 Å².